The number of aliphatic hydroxyl groups excluding tert-OH is 2. The molecule has 3 heteroatoms. The van der Waals surface area contributed by atoms with Gasteiger partial charge in [0.1, 0.15) is 0 Å². The fraction of sp³-hybridized carbons (Fsp3) is 1.00. The molecular formula is C10H21NO2. The normalized spacial score (nSPS) is 36.2. The van der Waals surface area contributed by atoms with Crippen molar-refractivity contribution in [3.63, 3.8) is 0 Å². The lowest BCUT2D eigenvalue weighted by Gasteiger charge is -2.26. The smallest absolute Gasteiger partial charge is 0.0951 e. The zero-order chi connectivity index (χ0) is 9.84. The van der Waals surface area contributed by atoms with Crippen LogP contribution in [0.2, 0.25) is 0 Å². The van der Waals surface area contributed by atoms with Crippen molar-refractivity contribution in [3.05, 3.63) is 0 Å². The Kier molecular flexibility index (Phi) is 4.16. The van der Waals surface area contributed by atoms with E-state index in [9.17, 15) is 10.2 Å². The molecule has 3 nitrogen and oxygen atoms in total. The lowest BCUT2D eigenvalue weighted by molar-refractivity contribution is -0.00351. The van der Waals surface area contributed by atoms with Gasteiger partial charge >= 0.3 is 0 Å². The van der Waals surface area contributed by atoms with Crippen molar-refractivity contribution in [2.45, 2.75) is 63.8 Å². The van der Waals surface area contributed by atoms with E-state index < -0.39 is 12.2 Å². The minimum atomic E-state index is -0.593. The fourth-order valence-corrected chi connectivity index (χ4v) is 1.94. The average molecular weight is 187 g/mol. The molecule has 0 aromatic rings. The number of hydrogen-bond acceptors (Lipinski definition) is 3. The molecule has 3 atom stereocenters. The van der Waals surface area contributed by atoms with Gasteiger partial charge in [-0.3, -0.25) is 0 Å². The molecule has 0 bridgehead atoms. The Bertz CT molecular complexity index is 150. The summed E-state index contributed by atoms with van der Waals surface area (Å²) in [5.41, 5.74) is 0. The first-order valence-electron chi connectivity index (χ1n) is 5.23. The average Bonchev–Trinajstić information content (AvgIpc) is 2.19. The first-order valence-corrected chi connectivity index (χ1v) is 5.23. The first-order chi connectivity index (χ1) is 6.11. The Hall–Kier alpha value is -0.120. The summed E-state index contributed by atoms with van der Waals surface area (Å²) >= 11 is 0. The van der Waals surface area contributed by atoms with Gasteiger partial charge in [0.25, 0.3) is 0 Å². The van der Waals surface area contributed by atoms with Crippen molar-refractivity contribution < 1.29 is 10.2 Å². The third kappa shape index (κ3) is 3.25. The fourth-order valence-electron chi connectivity index (χ4n) is 1.94. The highest BCUT2D eigenvalue weighted by molar-refractivity contribution is 4.85. The molecule has 3 N–H and O–H groups in total. The van der Waals surface area contributed by atoms with E-state index in [1.807, 2.05) is 0 Å². The minimum Gasteiger partial charge on any atom is -0.390 e. The highest BCUT2D eigenvalue weighted by Gasteiger charge is 2.28. The molecule has 1 aliphatic rings. The van der Waals surface area contributed by atoms with Gasteiger partial charge in [0.15, 0.2) is 0 Å². The first kappa shape index (κ1) is 11.0. The molecular weight excluding hydrogens is 166 g/mol. The molecule has 0 aromatic carbocycles. The summed E-state index contributed by atoms with van der Waals surface area (Å²) in [4.78, 5) is 0. The summed E-state index contributed by atoms with van der Waals surface area (Å²) in [5, 5.41) is 22.6. The van der Waals surface area contributed by atoms with Crippen LogP contribution in [0.15, 0.2) is 0 Å². The third-order valence-electron chi connectivity index (χ3n) is 2.62. The second-order valence-corrected chi connectivity index (χ2v) is 4.27. The van der Waals surface area contributed by atoms with E-state index >= 15 is 0 Å². The Labute approximate surface area is 80.2 Å². The van der Waals surface area contributed by atoms with E-state index in [0.29, 0.717) is 6.04 Å². The summed E-state index contributed by atoms with van der Waals surface area (Å²) in [6.07, 6.45) is 2.68. The Morgan fingerprint density at radius 3 is 2.38 bits per heavy atom. The molecule has 0 radical (unpaired) electrons. The monoisotopic (exact) mass is 187 g/mol. The second kappa shape index (κ2) is 4.94. The van der Waals surface area contributed by atoms with Crippen LogP contribution >= 0.6 is 0 Å². The van der Waals surface area contributed by atoms with Crippen LogP contribution in [0.3, 0.4) is 0 Å². The summed E-state index contributed by atoms with van der Waals surface area (Å²) in [5.74, 6) is 0. The molecule has 1 rings (SSSR count). The van der Waals surface area contributed by atoms with E-state index in [1.54, 1.807) is 0 Å². The standard InChI is InChI=1S/C10H21NO2/c1-7(2)11-8-5-3-4-6-9(12)10(8)13/h7-13H,3-6H2,1-2H3/t8-,9-,10+/m0/s1. The van der Waals surface area contributed by atoms with Crippen molar-refractivity contribution in [3.8, 4) is 0 Å². The largest absolute Gasteiger partial charge is 0.390 e. The molecule has 0 spiro atoms. The predicted octanol–water partition coefficient (Wildman–Crippen LogP) is 0.649. The molecule has 1 saturated carbocycles. The quantitative estimate of drug-likeness (QED) is 0.556. The number of nitrogens with one attached hydrogen (secondary N) is 1. The van der Waals surface area contributed by atoms with Gasteiger partial charge in [-0.05, 0) is 12.8 Å². The molecule has 13 heavy (non-hydrogen) atoms. The van der Waals surface area contributed by atoms with Crippen LogP contribution < -0.4 is 5.32 Å². The Balaban J connectivity index is 2.49. The van der Waals surface area contributed by atoms with Crippen LogP contribution in [0.25, 0.3) is 0 Å². The van der Waals surface area contributed by atoms with E-state index in [1.165, 1.54) is 0 Å². The van der Waals surface area contributed by atoms with Gasteiger partial charge in [-0.15, -0.1) is 0 Å². The molecule has 1 fully saturated rings. The van der Waals surface area contributed by atoms with Crippen LogP contribution in [0, 0.1) is 0 Å². The van der Waals surface area contributed by atoms with Gasteiger partial charge < -0.3 is 15.5 Å². The van der Waals surface area contributed by atoms with E-state index in [-0.39, 0.29) is 6.04 Å². The number of rotatable bonds is 2. The van der Waals surface area contributed by atoms with Crippen LogP contribution in [-0.2, 0) is 0 Å². The summed E-state index contributed by atoms with van der Waals surface area (Å²) in [6.45, 7) is 4.12. The number of hydrogen-bond donors (Lipinski definition) is 3. The van der Waals surface area contributed by atoms with E-state index in [2.05, 4.69) is 19.2 Å². The van der Waals surface area contributed by atoms with Crippen LogP contribution in [0.5, 0.6) is 0 Å². The molecule has 0 saturated heterocycles. The van der Waals surface area contributed by atoms with Crippen LogP contribution in [-0.4, -0.2) is 34.5 Å². The minimum absolute atomic E-state index is 0.0671. The van der Waals surface area contributed by atoms with Crippen LogP contribution in [0.4, 0.5) is 0 Å². The van der Waals surface area contributed by atoms with Crippen molar-refractivity contribution in [2.75, 3.05) is 0 Å². The summed E-state index contributed by atoms with van der Waals surface area (Å²) in [6, 6.07) is 0.433. The molecule has 0 aliphatic heterocycles. The lowest BCUT2D eigenvalue weighted by atomic mass is 10.0. The highest BCUT2D eigenvalue weighted by atomic mass is 16.3. The molecule has 78 valence electrons. The topological polar surface area (TPSA) is 52.5 Å². The van der Waals surface area contributed by atoms with Gasteiger partial charge in [-0.1, -0.05) is 26.7 Å². The maximum absolute atomic E-state index is 9.75. The highest BCUT2D eigenvalue weighted by Crippen LogP contribution is 2.18. The van der Waals surface area contributed by atoms with Gasteiger partial charge in [-0.2, -0.15) is 0 Å². The second-order valence-electron chi connectivity index (χ2n) is 4.27. The Morgan fingerprint density at radius 2 is 1.77 bits per heavy atom. The van der Waals surface area contributed by atoms with Crippen molar-refractivity contribution >= 4 is 0 Å². The van der Waals surface area contributed by atoms with Gasteiger partial charge in [0.2, 0.25) is 0 Å². The SMILES string of the molecule is CC(C)N[C@H]1CCCC[C@H](O)[C@@H]1O. The maximum atomic E-state index is 9.75. The summed E-state index contributed by atoms with van der Waals surface area (Å²) in [7, 11) is 0. The molecule has 1 aliphatic carbocycles. The predicted molar refractivity (Wildman–Crippen MR) is 52.5 cm³/mol. The molecule has 0 aromatic heterocycles. The molecule has 0 amide bonds. The van der Waals surface area contributed by atoms with Crippen molar-refractivity contribution in [2.24, 2.45) is 0 Å². The molecule has 0 heterocycles. The summed E-state index contributed by atoms with van der Waals surface area (Å²) < 4.78 is 0. The number of aliphatic hydroxyl groups is 2. The van der Waals surface area contributed by atoms with Gasteiger partial charge in [0.05, 0.1) is 12.2 Å². The Morgan fingerprint density at radius 1 is 1.15 bits per heavy atom. The van der Waals surface area contributed by atoms with E-state index in [0.717, 1.165) is 25.7 Å². The maximum Gasteiger partial charge on any atom is 0.0951 e. The van der Waals surface area contributed by atoms with Crippen LogP contribution in [0.1, 0.15) is 39.5 Å². The van der Waals surface area contributed by atoms with Crippen molar-refractivity contribution in [1.29, 1.82) is 0 Å². The van der Waals surface area contributed by atoms with Gasteiger partial charge in [-0.25, -0.2) is 0 Å². The zero-order valence-corrected chi connectivity index (χ0v) is 8.53. The van der Waals surface area contributed by atoms with Crippen molar-refractivity contribution in [1.82, 2.24) is 5.32 Å². The third-order valence-corrected chi connectivity index (χ3v) is 2.62. The zero-order valence-electron chi connectivity index (χ0n) is 8.53. The van der Waals surface area contributed by atoms with Gasteiger partial charge in [0, 0.05) is 12.1 Å². The van der Waals surface area contributed by atoms with E-state index in [4.69, 9.17) is 0 Å². The lowest BCUT2D eigenvalue weighted by Crippen LogP contribution is -2.47. The molecule has 0 unspecified atom stereocenters.